The predicted molar refractivity (Wildman–Crippen MR) is 48.6 cm³/mol. The van der Waals surface area contributed by atoms with E-state index in [0.29, 0.717) is 10.7 Å². The standard InChI is InChI=1S/C6H7NO5S2/c8-6(9)1-5-7-4(3-13-5)2-12-14(10)11/h3,14H,1-2H2,(H,8,9). The van der Waals surface area contributed by atoms with Crippen LogP contribution in [0, 0.1) is 0 Å². The van der Waals surface area contributed by atoms with Crippen molar-refractivity contribution in [3.05, 3.63) is 16.1 Å². The highest BCUT2D eigenvalue weighted by Crippen LogP contribution is 2.11. The molecule has 0 aliphatic rings. The third kappa shape index (κ3) is 3.81. The first kappa shape index (κ1) is 11.1. The van der Waals surface area contributed by atoms with Crippen LogP contribution >= 0.6 is 11.3 Å². The van der Waals surface area contributed by atoms with Gasteiger partial charge in [-0.3, -0.25) is 8.98 Å². The summed E-state index contributed by atoms with van der Waals surface area (Å²) in [7, 11) is -2.88. The van der Waals surface area contributed by atoms with E-state index in [-0.39, 0.29) is 13.0 Å². The fourth-order valence-corrected chi connectivity index (χ4v) is 1.75. The quantitative estimate of drug-likeness (QED) is 0.690. The van der Waals surface area contributed by atoms with Gasteiger partial charge in [0.1, 0.15) is 11.6 Å². The summed E-state index contributed by atoms with van der Waals surface area (Å²) in [6.07, 6.45) is -0.159. The first-order chi connectivity index (χ1) is 6.58. The molecule has 0 radical (unpaired) electrons. The van der Waals surface area contributed by atoms with Gasteiger partial charge in [-0.25, -0.2) is 13.4 Å². The van der Waals surface area contributed by atoms with Crippen LogP contribution in [0.5, 0.6) is 0 Å². The number of hydrogen-bond donors (Lipinski definition) is 2. The van der Waals surface area contributed by atoms with Gasteiger partial charge < -0.3 is 5.11 Å². The van der Waals surface area contributed by atoms with E-state index in [2.05, 4.69) is 9.17 Å². The molecule has 1 aromatic heterocycles. The number of carboxylic acid groups (broad SMARTS) is 1. The Hall–Kier alpha value is -0.990. The molecule has 0 amide bonds. The number of thiazole rings is 1. The van der Waals surface area contributed by atoms with Crippen LogP contribution in [0.15, 0.2) is 5.38 Å². The van der Waals surface area contributed by atoms with Crippen molar-refractivity contribution in [1.29, 1.82) is 0 Å². The van der Waals surface area contributed by atoms with Gasteiger partial charge in [0.25, 0.3) is 11.0 Å². The topological polar surface area (TPSA) is 93.6 Å². The van der Waals surface area contributed by atoms with Gasteiger partial charge in [-0.15, -0.1) is 11.3 Å². The molecule has 0 atom stereocenters. The second kappa shape index (κ2) is 5.03. The van der Waals surface area contributed by atoms with Crippen LogP contribution < -0.4 is 0 Å². The number of aromatic nitrogens is 1. The molecule has 1 N–H and O–H groups in total. The van der Waals surface area contributed by atoms with Gasteiger partial charge in [-0.05, 0) is 0 Å². The maximum absolute atomic E-state index is 10.3. The Kier molecular flexibility index (Phi) is 3.98. The lowest BCUT2D eigenvalue weighted by molar-refractivity contribution is -0.136. The fraction of sp³-hybridized carbons (Fsp3) is 0.333. The second-order valence-electron chi connectivity index (χ2n) is 2.30. The van der Waals surface area contributed by atoms with Crippen LogP contribution in [0.2, 0.25) is 0 Å². The molecule has 0 bridgehead atoms. The van der Waals surface area contributed by atoms with Crippen LogP contribution in [-0.2, 0) is 33.0 Å². The molecule has 78 valence electrons. The van der Waals surface area contributed by atoms with E-state index in [0.717, 1.165) is 11.3 Å². The molecule has 1 rings (SSSR count). The van der Waals surface area contributed by atoms with Crippen LogP contribution in [-0.4, -0.2) is 24.5 Å². The predicted octanol–water partition coefficient (Wildman–Crippen LogP) is -0.187. The number of thiol groups is 1. The number of rotatable bonds is 5. The van der Waals surface area contributed by atoms with Gasteiger partial charge >= 0.3 is 5.97 Å². The smallest absolute Gasteiger partial charge is 0.310 e. The van der Waals surface area contributed by atoms with Crippen LogP contribution in [0.4, 0.5) is 0 Å². The van der Waals surface area contributed by atoms with Crippen molar-refractivity contribution < 1.29 is 22.5 Å². The highest BCUT2D eigenvalue weighted by Gasteiger charge is 2.06. The van der Waals surface area contributed by atoms with E-state index < -0.39 is 17.0 Å². The van der Waals surface area contributed by atoms with Crippen molar-refractivity contribution in [3.8, 4) is 0 Å². The summed E-state index contributed by atoms with van der Waals surface area (Å²) in [5, 5.41) is 10.4. The molecule has 0 spiro atoms. The minimum Gasteiger partial charge on any atom is -0.481 e. The summed E-state index contributed by atoms with van der Waals surface area (Å²) in [5.74, 6) is -0.971. The number of carboxylic acids is 1. The van der Waals surface area contributed by atoms with Crippen molar-refractivity contribution in [2.75, 3.05) is 0 Å². The molecule has 0 aliphatic heterocycles. The van der Waals surface area contributed by atoms with Gasteiger partial charge in [-0.1, -0.05) is 0 Å². The Bertz CT molecular complexity index is 389. The molecular formula is C6H7NO5S2. The zero-order chi connectivity index (χ0) is 10.6. The van der Waals surface area contributed by atoms with Crippen LogP contribution in [0.3, 0.4) is 0 Å². The Morgan fingerprint density at radius 2 is 2.36 bits per heavy atom. The Morgan fingerprint density at radius 1 is 1.64 bits per heavy atom. The lowest BCUT2D eigenvalue weighted by Crippen LogP contribution is -2.00. The Balaban J connectivity index is 2.54. The molecule has 6 nitrogen and oxygen atoms in total. The minimum atomic E-state index is -2.88. The summed E-state index contributed by atoms with van der Waals surface area (Å²) in [5.41, 5.74) is 0.422. The maximum Gasteiger partial charge on any atom is 0.310 e. The highest BCUT2D eigenvalue weighted by atomic mass is 32.2. The van der Waals surface area contributed by atoms with Gasteiger partial charge in [0, 0.05) is 5.38 Å². The van der Waals surface area contributed by atoms with E-state index in [1.165, 1.54) is 0 Å². The zero-order valence-corrected chi connectivity index (χ0v) is 8.59. The van der Waals surface area contributed by atoms with E-state index in [1.807, 2.05) is 0 Å². The third-order valence-corrected chi connectivity index (χ3v) is 2.46. The van der Waals surface area contributed by atoms with E-state index in [1.54, 1.807) is 5.38 Å². The third-order valence-electron chi connectivity index (χ3n) is 1.22. The molecule has 0 aromatic carbocycles. The fourth-order valence-electron chi connectivity index (χ4n) is 0.745. The molecule has 0 saturated heterocycles. The summed E-state index contributed by atoms with van der Waals surface area (Å²) in [4.78, 5) is 14.2. The van der Waals surface area contributed by atoms with E-state index in [4.69, 9.17) is 5.11 Å². The van der Waals surface area contributed by atoms with Crippen molar-refractivity contribution in [2.24, 2.45) is 0 Å². The summed E-state index contributed by atoms with van der Waals surface area (Å²) in [6.45, 7) is -0.144. The molecular weight excluding hydrogens is 230 g/mol. The van der Waals surface area contributed by atoms with Crippen molar-refractivity contribution in [1.82, 2.24) is 4.98 Å². The molecule has 1 heterocycles. The van der Waals surface area contributed by atoms with Gasteiger partial charge in [-0.2, -0.15) is 0 Å². The first-order valence-corrected chi connectivity index (χ1v) is 5.48. The Labute approximate surface area is 85.3 Å². The average molecular weight is 237 g/mol. The van der Waals surface area contributed by atoms with Crippen molar-refractivity contribution in [2.45, 2.75) is 13.0 Å². The number of carbonyl (C=O) groups is 1. The normalized spacial score (nSPS) is 10.6. The zero-order valence-electron chi connectivity index (χ0n) is 6.87. The average Bonchev–Trinajstić information content (AvgIpc) is 2.47. The molecule has 0 unspecified atom stereocenters. The lowest BCUT2D eigenvalue weighted by atomic mass is 10.4. The first-order valence-electron chi connectivity index (χ1n) is 3.50. The van der Waals surface area contributed by atoms with Gasteiger partial charge in [0.2, 0.25) is 0 Å². The molecule has 0 saturated carbocycles. The Morgan fingerprint density at radius 3 is 2.93 bits per heavy atom. The summed E-state index contributed by atoms with van der Waals surface area (Å²) >= 11 is 1.16. The molecule has 14 heavy (non-hydrogen) atoms. The van der Waals surface area contributed by atoms with Crippen molar-refractivity contribution >= 4 is 28.3 Å². The van der Waals surface area contributed by atoms with Gasteiger partial charge in [0.15, 0.2) is 0 Å². The molecule has 0 aliphatic carbocycles. The molecule has 1 aromatic rings. The van der Waals surface area contributed by atoms with Gasteiger partial charge in [0.05, 0.1) is 12.1 Å². The largest absolute Gasteiger partial charge is 0.481 e. The van der Waals surface area contributed by atoms with Crippen molar-refractivity contribution in [3.63, 3.8) is 0 Å². The minimum absolute atomic E-state index is 0.144. The monoisotopic (exact) mass is 237 g/mol. The van der Waals surface area contributed by atoms with Crippen LogP contribution in [0.25, 0.3) is 0 Å². The SMILES string of the molecule is O=C(O)Cc1nc(CO[SH](=O)=O)cs1. The number of hydrogen-bond acceptors (Lipinski definition) is 6. The summed E-state index contributed by atoms with van der Waals surface area (Å²) < 4.78 is 24.4. The van der Waals surface area contributed by atoms with Crippen LogP contribution in [0.1, 0.15) is 10.7 Å². The lowest BCUT2D eigenvalue weighted by Gasteiger charge is -1.90. The number of nitrogens with zero attached hydrogens (tertiary/aromatic N) is 1. The molecule has 8 heteroatoms. The van der Waals surface area contributed by atoms with E-state index in [9.17, 15) is 13.2 Å². The second-order valence-corrected chi connectivity index (χ2v) is 3.95. The highest BCUT2D eigenvalue weighted by molar-refractivity contribution is 7.67. The maximum atomic E-state index is 10.3. The summed E-state index contributed by atoms with van der Waals surface area (Å²) in [6, 6.07) is 0. The molecule has 0 fully saturated rings. The van der Waals surface area contributed by atoms with E-state index >= 15 is 0 Å². The number of aliphatic carboxylic acids is 1.